The molecule has 6 unspecified atom stereocenters. The lowest BCUT2D eigenvalue weighted by Crippen LogP contribution is -2.67. The second kappa shape index (κ2) is 20.3. The van der Waals surface area contributed by atoms with Crippen molar-refractivity contribution in [1.29, 1.82) is 0 Å². The van der Waals surface area contributed by atoms with Gasteiger partial charge in [-0.25, -0.2) is 0 Å². The summed E-state index contributed by atoms with van der Waals surface area (Å²) >= 11 is 0. The van der Waals surface area contributed by atoms with Gasteiger partial charge in [0.25, 0.3) is 0 Å². The van der Waals surface area contributed by atoms with Gasteiger partial charge < -0.3 is 0 Å². The van der Waals surface area contributed by atoms with Crippen molar-refractivity contribution in [2.75, 3.05) is 0 Å². The number of hydrogen-bond acceptors (Lipinski definition) is 0. The minimum Gasteiger partial charge on any atom is -0.0654 e. The van der Waals surface area contributed by atoms with Crippen molar-refractivity contribution < 1.29 is 0 Å². The molecule has 0 radical (unpaired) electrons. The molecule has 0 saturated heterocycles. The van der Waals surface area contributed by atoms with Crippen molar-refractivity contribution in [3.05, 3.63) is 0 Å². The van der Waals surface area contributed by atoms with Crippen LogP contribution in [0.2, 0.25) is 0 Å². The van der Waals surface area contributed by atoms with Crippen LogP contribution >= 0.6 is 0 Å². The van der Waals surface area contributed by atoms with E-state index < -0.39 is 0 Å². The first-order valence-corrected chi connectivity index (χ1v) is 50.3. The Bertz CT molecular complexity index is 3450. The zero-order chi connectivity index (χ0) is 77.0. The second-order valence-electron chi connectivity index (χ2n) is 64.6. The first kappa shape index (κ1) is 75.0. The summed E-state index contributed by atoms with van der Waals surface area (Å²) < 4.78 is 0. The first-order chi connectivity index (χ1) is 50.3. The summed E-state index contributed by atoms with van der Waals surface area (Å²) in [5, 5.41) is 0. The van der Waals surface area contributed by atoms with Gasteiger partial charge in [0, 0.05) is 0 Å². The highest BCUT2D eigenvalue weighted by Crippen LogP contribution is 2.90. The monoisotopic (exact) mass is 1500 g/mol. The van der Waals surface area contributed by atoms with Crippen molar-refractivity contribution in [3.63, 3.8) is 0 Å². The molecule has 0 aromatic rings. The highest BCUT2D eigenvalue weighted by Gasteiger charge is 2.79. The molecule has 32 bridgehead atoms. The van der Waals surface area contributed by atoms with Gasteiger partial charge in [0.1, 0.15) is 0 Å². The summed E-state index contributed by atoms with van der Waals surface area (Å²) in [6.07, 6.45) is 91.8. The topological polar surface area (TPSA) is 0 Å². The van der Waals surface area contributed by atoms with E-state index in [9.17, 15) is 0 Å². The van der Waals surface area contributed by atoms with Crippen molar-refractivity contribution >= 4 is 0 Å². The van der Waals surface area contributed by atoms with Crippen molar-refractivity contribution in [2.24, 2.45) is 173 Å². The smallest absolute Gasteiger partial charge is 0.0276 e. The quantitative estimate of drug-likeness (QED) is 0.144. The van der Waals surface area contributed by atoms with E-state index in [1.807, 2.05) is 0 Å². The van der Waals surface area contributed by atoms with Crippen LogP contribution in [0.4, 0.5) is 0 Å². The van der Waals surface area contributed by atoms with Gasteiger partial charge in [0.15, 0.2) is 0 Å². The molecule has 0 aliphatic heterocycles. The molecule has 32 rings (SSSR count). The molecule has 0 N–H and O–H groups in total. The van der Waals surface area contributed by atoms with Crippen LogP contribution in [-0.2, 0) is 0 Å². The average Bonchev–Trinajstić information content (AvgIpc) is 0.660. The lowest BCUT2D eigenvalue weighted by Gasteiger charge is -2.78. The minimum atomic E-state index is 0.591. The third-order valence-corrected chi connectivity index (χ3v) is 44.9. The average molecular weight is 1500 g/mol. The van der Waals surface area contributed by atoms with Crippen LogP contribution in [0.25, 0.3) is 0 Å². The molecule has 0 nitrogen and oxygen atoms in total. The van der Waals surface area contributed by atoms with Crippen LogP contribution < -0.4 is 0 Å². The van der Waals surface area contributed by atoms with Crippen LogP contribution in [0.5, 0.6) is 0 Å². The zero-order valence-electron chi connectivity index (χ0n) is 77.0. The van der Waals surface area contributed by atoms with Crippen LogP contribution in [0, 0.1) is 173 Å². The summed E-state index contributed by atoms with van der Waals surface area (Å²) in [6.45, 7) is 55.5. The normalized spacial score (nSPS) is 68.0. The van der Waals surface area contributed by atoms with Gasteiger partial charge in [-0.15, -0.1) is 0 Å². The van der Waals surface area contributed by atoms with Crippen molar-refractivity contribution in [2.45, 2.75) is 511 Å². The molecule has 32 fully saturated rings. The maximum absolute atomic E-state index is 2.89. The lowest BCUT2D eigenvalue weighted by atomic mass is 9.27. The van der Waals surface area contributed by atoms with E-state index in [1.54, 1.807) is 257 Å². The van der Waals surface area contributed by atoms with Gasteiger partial charge in [-0.05, 0) is 533 Å². The van der Waals surface area contributed by atoms with Gasteiger partial charge in [0.2, 0.25) is 0 Å². The van der Waals surface area contributed by atoms with E-state index in [1.165, 1.54) is 116 Å². The van der Waals surface area contributed by atoms with Gasteiger partial charge >= 0.3 is 0 Å². The van der Waals surface area contributed by atoms with Crippen LogP contribution in [0.1, 0.15) is 511 Å². The highest BCUT2D eigenvalue weighted by molar-refractivity contribution is 5.30. The maximum atomic E-state index is 2.89. The summed E-state index contributed by atoms with van der Waals surface area (Å²) in [6, 6.07) is 0. The molecule has 6 atom stereocenters. The molecule has 110 heavy (non-hydrogen) atoms. The van der Waals surface area contributed by atoms with Crippen molar-refractivity contribution in [1.82, 2.24) is 0 Å². The molecule has 32 aliphatic rings. The molecule has 616 valence electrons. The minimum absolute atomic E-state index is 0.591. The van der Waals surface area contributed by atoms with E-state index in [2.05, 4.69) is 138 Å². The van der Waals surface area contributed by atoms with Crippen LogP contribution in [-0.4, -0.2) is 0 Å². The molecule has 0 amide bonds. The van der Waals surface area contributed by atoms with Crippen LogP contribution in [0.3, 0.4) is 0 Å². The Morgan fingerprint density at radius 1 is 0.109 bits per heavy atom. The lowest BCUT2D eigenvalue weighted by molar-refractivity contribution is -0.274. The molecular formula is C110H176. The van der Waals surface area contributed by atoms with Crippen LogP contribution in [0.15, 0.2) is 0 Å². The van der Waals surface area contributed by atoms with Gasteiger partial charge in [-0.2, -0.15) is 0 Å². The third-order valence-electron chi connectivity index (χ3n) is 44.9. The first-order valence-electron chi connectivity index (χ1n) is 50.3. The Morgan fingerprint density at radius 3 is 0.336 bits per heavy atom. The fraction of sp³-hybridized carbons (Fsp3) is 1.00. The molecule has 0 spiro atoms. The standard InChI is InChI=1S/2C55H88/c1-11-12-49-31-53(34-50-22-40(2)13-41(3,23-50)15-42(4,14-40)24-50)37-54(32-49,35-51-25-43(5)16-44(6,26-51)18-45(7,17-43)27-51)39-55(33-49,38-53)36-52-28-46(8)19-47(9,29-52)21-48(10,20-46)30-52;1-11-12-49-20-48(10)31-54(33-49,36-51-24-43(5)16-44(6,25-51)18-45(7,17-43)26-51)39-55(32-48,34-49)38-53-29-46(8)19-47(9,30-53)28-52(27-46,37-53)35-50-21-40(2)13-41(3,22-50)15-42(4,14-40)23-50/h2*11-39H2,1-10H3. The summed E-state index contributed by atoms with van der Waals surface area (Å²) in [5.41, 5.74) is 19.7. The molecular weight excluding hydrogens is 1320 g/mol. The Hall–Kier alpha value is 0. The van der Waals surface area contributed by atoms with E-state index in [-0.39, 0.29) is 0 Å². The molecule has 0 aromatic carbocycles. The molecule has 0 heteroatoms. The second-order valence-corrected chi connectivity index (χ2v) is 64.6. The molecule has 32 aliphatic carbocycles. The van der Waals surface area contributed by atoms with E-state index in [4.69, 9.17) is 0 Å². The Morgan fingerprint density at radius 2 is 0.191 bits per heavy atom. The maximum Gasteiger partial charge on any atom is -0.0276 e. The predicted octanol–water partition coefficient (Wildman–Crippen LogP) is 32.9. The summed E-state index contributed by atoms with van der Waals surface area (Å²) in [7, 11) is 0. The zero-order valence-corrected chi connectivity index (χ0v) is 77.0. The van der Waals surface area contributed by atoms with E-state index in [0.29, 0.717) is 173 Å². The fourth-order valence-electron chi connectivity index (χ4n) is 59.0. The predicted molar refractivity (Wildman–Crippen MR) is 459 cm³/mol. The summed E-state index contributed by atoms with van der Waals surface area (Å²) in [4.78, 5) is 0. The van der Waals surface area contributed by atoms with E-state index >= 15 is 0 Å². The van der Waals surface area contributed by atoms with Gasteiger partial charge in [0.05, 0.1) is 0 Å². The Balaban J connectivity index is 0.000000132. The van der Waals surface area contributed by atoms with Gasteiger partial charge in [-0.3, -0.25) is 0 Å². The number of rotatable bonds is 16. The highest BCUT2D eigenvalue weighted by atomic mass is 14.8. The molecule has 0 aromatic heterocycles. The SMILES string of the molecule is CCCC12CC3(C)CC(CC45CC6(C)CC(C)(CC(C)(C6)C4)C5)(C1)CC(CC14CC5(C)CC(C)(CC(CC67CC8(C)CC(C)(CC(C)(C8)C6)C7)(C5)C1)C4)(C3)C2.CCCC12CC3(CC45CC6(C)CC(C)(CC(C)(C6)C4)C5)CC(CC45CC6(C)CC(C)(CC(C)(C6)C4)C5)(C1)CC(CC14CC5(C)CC(C)(CC(C)(C5)C1)C4)(C2)C3. The fourth-order valence-corrected chi connectivity index (χ4v) is 59.0. The van der Waals surface area contributed by atoms with Crippen molar-refractivity contribution in [3.8, 4) is 0 Å². The molecule has 32 saturated carbocycles. The van der Waals surface area contributed by atoms with E-state index in [0.717, 1.165) is 0 Å². The molecule has 0 heterocycles. The van der Waals surface area contributed by atoms with Gasteiger partial charge in [-0.1, -0.05) is 151 Å². The Labute approximate surface area is 679 Å². The summed E-state index contributed by atoms with van der Waals surface area (Å²) in [5.74, 6) is 0. The Kier molecular flexibility index (Phi) is 13.9. The third kappa shape index (κ3) is 11.2. The number of hydrogen-bond donors (Lipinski definition) is 0. The largest absolute Gasteiger partial charge is 0.0654 e.